The first kappa shape index (κ1) is 19.7. The number of carbonyl (C=O) groups excluding carboxylic acids is 3. The highest BCUT2D eigenvalue weighted by molar-refractivity contribution is 5.88. The van der Waals surface area contributed by atoms with Gasteiger partial charge in [-0.1, -0.05) is 27.7 Å². The molecule has 0 aromatic rings. The van der Waals surface area contributed by atoms with Crippen LogP contribution in [0.2, 0.25) is 0 Å². The molecule has 2 fully saturated rings. The first-order chi connectivity index (χ1) is 11.7. The lowest BCUT2D eigenvalue weighted by molar-refractivity contribution is -0.145. The van der Waals surface area contributed by atoms with Crippen LogP contribution in [0.1, 0.15) is 53.9 Å². The lowest BCUT2D eigenvalue weighted by Gasteiger charge is -2.41. The molecule has 0 radical (unpaired) electrons. The van der Waals surface area contributed by atoms with E-state index in [0.717, 1.165) is 12.8 Å². The Balaban J connectivity index is 1.95. The van der Waals surface area contributed by atoms with Gasteiger partial charge in [-0.3, -0.25) is 14.4 Å². The Bertz CT molecular complexity index is 514. The van der Waals surface area contributed by atoms with Gasteiger partial charge in [-0.05, 0) is 31.6 Å². The van der Waals surface area contributed by atoms with E-state index in [1.54, 1.807) is 0 Å². The minimum absolute atomic E-state index is 0.0301. The molecule has 1 heterocycles. The second-order valence-corrected chi connectivity index (χ2v) is 8.33. The number of nitrogens with zero attached hydrogens (tertiary/aromatic N) is 2. The molecule has 1 saturated carbocycles. The number of hydrogen-bond acceptors (Lipinski definition) is 3. The Morgan fingerprint density at radius 2 is 1.72 bits per heavy atom. The summed E-state index contributed by atoms with van der Waals surface area (Å²) in [4.78, 5) is 41.1. The summed E-state index contributed by atoms with van der Waals surface area (Å²) in [7, 11) is 0. The molecule has 2 atom stereocenters. The predicted molar refractivity (Wildman–Crippen MR) is 96.7 cm³/mol. The van der Waals surface area contributed by atoms with Crippen molar-refractivity contribution in [2.75, 3.05) is 19.6 Å². The molecule has 0 aromatic heterocycles. The van der Waals surface area contributed by atoms with Crippen LogP contribution < -0.4 is 5.32 Å². The number of rotatable bonds is 6. The highest BCUT2D eigenvalue weighted by atomic mass is 16.2. The van der Waals surface area contributed by atoms with Crippen molar-refractivity contribution in [1.82, 2.24) is 15.1 Å². The van der Waals surface area contributed by atoms with Gasteiger partial charge >= 0.3 is 0 Å². The summed E-state index contributed by atoms with van der Waals surface area (Å²) >= 11 is 0. The Morgan fingerprint density at radius 1 is 1.08 bits per heavy atom. The maximum absolute atomic E-state index is 12.9. The SMILES string of the molecule is CC(C)CC(=O)NC(C(=O)N1CCN(C(=O)C2CC2)C(C)C1)C(C)C. The summed E-state index contributed by atoms with van der Waals surface area (Å²) in [5.41, 5.74) is 0. The van der Waals surface area contributed by atoms with E-state index >= 15 is 0 Å². The van der Waals surface area contributed by atoms with Crippen LogP contribution in [0, 0.1) is 17.8 Å². The van der Waals surface area contributed by atoms with Crippen molar-refractivity contribution in [3.05, 3.63) is 0 Å². The molecule has 2 aliphatic rings. The molecular weight excluding hydrogens is 318 g/mol. The van der Waals surface area contributed by atoms with Gasteiger partial charge in [0.15, 0.2) is 0 Å². The zero-order valence-electron chi connectivity index (χ0n) is 16.2. The molecule has 1 saturated heterocycles. The van der Waals surface area contributed by atoms with E-state index < -0.39 is 6.04 Å². The van der Waals surface area contributed by atoms with Crippen molar-refractivity contribution >= 4 is 17.7 Å². The lowest BCUT2D eigenvalue weighted by Crippen LogP contribution is -2.60. The van der Waals surface area contributed by atoms with Gasteiger partial charge in [-0.25, -0.2) is 0 Å². The minimum Gasteiger partial charge on any atom is -0.344 e. The molecule has 1 aliphatic carbocycles. The van der Waals surface area contributed by atoms with Gasteiger partial charge < -0.3 is 15.1 Å². The summed E-state index contributed by atoms with van der Waals surface area (Å²) in [6.45, 7) is 11.6. The first-order valence-corrected chi connectivity index (χ1v) is 9.59. The fraction of sp³-hybridized carbons (Fsp3) is 0.842. The summed E-state index contributed by atoms with van der Waals surface area (Å²) < 4.78 is 0. The van der Waals surface area contributed by atoms with Gasteiger partial charge in [0, 0.05) is 38.0 Å². The Labute approximate surface area is 151 Å². The van der Waals surface area contributed by atoms with Gasteiger partial charge in [-0.2, -0.15) is 0 Å². The summed E-state index contributed by atoms with van der Waals surface area (Å²) in [5.74, 6) is 0.647. The fourth-order valence-corrected chi connectivity index (χ4v) is 3.36. The maximum atomic E-state index is 12.9. The molecule has 2 unspecified atom stereocenters. The highest BCUT2D eigenvalue weighted by Gasteiger charge is 2.39. The van der Waals surface area contributed by atoms with Gasteiger partial charge in [0.05, 0.1) is 0 Å². The molecule has 0 spiro atoms. The van der Waals surface area contributed by atoms with Crippen molar-refractivity contribution in [2.24, 2.45) is 17.8 Å². The molecule has 6 nitrogen and oxygen atoms in total. The molecular formula is C19H33N3O3. The normalized spacial score (nSPS) is 22.3. The van der Waals surface area contributed by atoms with Gasteiger partial charge in [0.25, 0.3) is 0 Å². The molecule has 2 rings (SSSR count). The number of piperazine rings is 1. The lowest BCUT2D eigenvalue weighted by atomic mass is 10.0. The Hall–Kier alpha value is -1.59. The summed E-state index contributed by atoms with van der Waals surface area (Å²) in [6.07, 6.45) is 2.43. The second kappa shape index (κ2) is 8.19. The average molecular weight is 351 g/mol. The van der Waals surface area contributed by atoms with Gasteiger partial charge in [0.1, 0.15) is 6.04 Å². The van der Waals surface area contributed by atoms with E-state index in [0.29, 0.717) is 26.1 Å². The van der Waals surface area contributed by atoms with Crippen molar-refractivity contribution in [2.45, 2.75) is 66.0 Å². The standard InChI is InChI=1S/C19H33N3O3/c1-12(2)10-16(23)20-17(13(3)4)19(25)21-8-9-22(14(5)11-21)18(24)15-6-7-15/h12-15,17H,6-11H2,1-5H3,(H,20,23). The van der Waals surface area contributed by atoms with Gasteiger partial charge in [-0.15, -0.1) is 0 Å². The maximum Gasteiger partial charge on any atom is 0.245 e. The van der Waals surface area contributed by atoms with Crippen LogP contribution in [-0.4, -0.2) is 59.2 Å². The fourth-order valence-electron chi connectivity index (χ4n) is 3.36. The first-order valence-electron chi connectivity index (χ1n) is 9.59. The second-order valence-electron chi connectivity index (χ2n) is 8.33. The van der Waals surface area contributed by atoms with Crippen LogP contribution in [0.25, 0.3) is 0 Å². The van der Waals surface area contributed by atoms with Crippen molar-refractivity contribution < 1.29 is 14.4 Å². The van der Waals surface area contributed by atoms with Crippen LogP contribution in [0.15, 0.2) is 0 Å². The van der Waals surface area contributed by atoms with Crippen LogP contribution in [-0.2, 0) is 14.4 Å². The largest absolute Gasteiger partial charge is 0.344 e. The molecule has 0 aromatic carbocycles. The quantitative estimate of drug-likeness (QED) is 0.791. The van der Waals surface area contributed by atoms with Gasteiger partial charge in [0.2, 0.25) is 17.7 Å². The Kier molecular flexibility index (Phi) is 6.47. The summed E-state index contributed by atoms with van der Waals surface area (Å²) in [6, 6.07) is -0.464. The van der Waals surface area contributed by atoms with Crippen LogP contribution in [0.4, 0.5) is 0 Å². The minimum atomic E-state index is -0.496. The summed E-state index contributed by atoms with van der Waals surface area (Å²) in [5, 5.41) is 2.91. The highest BCUT2D eigenvalue weighted by Crippen LogP contribution is 2.32. The van der Waals surface area contributed by atoms with E-state index in [2.05, 4.69) is 5.32 Å². The van der Waals surface area contributed by atoms with E-state index in [4.69, 9.17) is 0 Å². The number of amides is 3. The van der Waals surface area contributed by atoms with E-state index in [9.17, 15) is 14.4 Å². The van der Waals surface area contributed by atoms with E-state index in [1.807, 2.05) is 44.4 Å². The van der Waals surface area contributed by atoms with Crippen molar-refractivity contribution in [1.29, 1.82) is 0 Å². The third kappa shape index (κ3) is 5.19. The predicted octanol–water partition coefficient (Wildman–Crippen LogP) is 1.64. The third-order valence-corrected chi connectivity index (χ3v) is 4.99. The topological polar surface area (TPSA) is 69.7 Å². The number of nitrogens with one attached hydrogen (secondary N) is 1. The van der Waals surface area contributed by atoms with Crippen molar-refractivity contribution in [3.8, 4) is 0 Å². The average Bonchev–Trinajstić information content (AvgIpc) is 3.35. The zero-order valence-corrected chi connectivity index (χ0v) is 16.2. The zero-order chi connectivity index (χ0) is 18.7. The van der Waals surface area contributed by atoms with Crippen LogP contribution in [0.5, 0.6) is 0 Å². The van der Waals surface area contributed by atoms with Crippen LogP contribution in [0.3, 0.4) is 0 Å². The van der Waals surface area contributed by atoms with Crippen LogP contribution >= 0.6 is 0 Å². The smallest absolute Gasteiger partial charge is 0.245 e. The van der Waals surface area contributed by atoms with E-state index in [1.165, 1.54) is 0 Å². The monoisotopic (exact) mass is 351 g/mol. The molecule has 6 heteroatoms. The Morgan fingerprint density at radius 3 is 2.20 bits per heavy atom. The van der Waals surface area contributed by atoms with Crippen molar-refractivity contribution in [3.63, 3.8) is 0 Å². The molecule has 1 aliphatic heterocycles. The molecule has 142 valence electrons. The molecule has 3 amide bonds. The molecule has 1 N–H and O–H groups in total. The number of carbonyl (C=O) groups is 3. The third-order valence-electron chi connectivity index (χ3n) is 4.99. The van der Waals surface area contributed by atoms with E-state index in [-0.39, 0.29) is 41.5 Å². The molecule has 0 bridgehead atoms. The number of hydrogen-bond donors (Lipinski definition) is 1. The molecule has 25 heavy (non-hydrogen) atoms.